The first kappa shape index (κ1) is 14.1. The monoisotopic (exact) mass is 290 g/mol. The Kier molecular flexibility index (Phi) is 3.71. The van der Waals surface area contributed by atoms with Gasteiger partial charge in [0.05, 0.1) is 17.3 Å². The molecule has 0 aromatic carbocycles. The number of hydrogen-bond donors (Lipinski definition) is 1. The van der Waals surface area contributed by atoms with Gasteiger partial charge >= 0.3 is 0 Å². The molecule has 0 saturated heterocycles. The Balaban J connectivity index is 1.82. The summed E-state index contributed by atoms with van der Waals surface area (Å²) in [6.07, 6.45) is 7.69. The molecule has 1 aliphatic rings. The zero-order valence-corrected chi connectivity index (χ0v) is 12.1. The minimum absolute atomic E-state index is 0.263. The van der Waals surface area contributed by atoms with Crippen molar-refractivity contribution in [1.82, 2.24) is 15.1 Å². The molecule has 21 heavy (non-hydrogen) atoms. The quantitative estimate of drug-likeness (QED) is 0.940. The van der Waals surface area contributed by atoms with Crippen LogP contribution in [0.1, 0.15) is 44.9 Å². The van der Waals surface area contributed by atoms with E-state index in [1.165, 1.54) is 18.7 Å². The molecule has 2 heterocycles. The summed E-state index contributed by atoms with van der Waals surface area (Å²) in [5, 5.41) is 4.01. The van der Waals surface area contributed by atoms with Gasteiger partial charge in [-0.3, -0.25) is 4.98 Å². The van der Waals surface area contributed by atoms with E-state index in [0.717, 1.165) is 37.8 Å². The van der Waals surface area contributed by atoms with Crippen LogP contribution >= 0.6 is 0 Å². The lowest BCUT2D eigenvalue weighted by molar-refractivity contribution is 0.216. The van der Waals surface area contributed by atoms with Crippen LogP contribution in [0.3, 0.4) is 0 Å². The number of hydrogen-bond acceptors (Lipinski definition) is 5. The SMILES string of the molecule is CCC1CCC(N)(c2noc(-c3cncc(F)c3)n2)CC1. The first-order valence-electron chi connectivity index (χ1n) is 7.35. The molecule has 5 nitrogen and oxygen atoms in total. The summed E-state index contributed by atoms with van der Waals surface area (Å²) in [6.45, 7) is 2.21. The van der Waals surface area contributed by atoms with Gasteiger partial charge in [-0.1, -0.05) is 18.5 Å². The Hall–Kier alpha value is -1.82. The van der Waals surface area contributed by atoms with Crippen LogP contribution in [0, 0.1) is 11.7 Å². The highest BCUT2D eigenvalue weighted by Gasteiger charge is 2.37. The average Bonchev–Trinajstić information content (AvgIpc) is 2.99. The van der Waals surface area contributed by atoms with Crippen LogP contribution in [0.25, 0.3) is 11.5 Å². The highest BCUT2D eigenvalue weighted by molar-refractivity contribution is 5.50. The number of aromatic nitrogens is 3. The van der Waals surface area contributed by atoms with Crippen LogP contribution in [0.5, 0.6) is 0 Å². The smallest absolute Gasteiger partial charge is 0.259 e. The summed E-state index contributed by atoms with van der Waals surface area (Å²) in [5.41, 5.74) is 6.38. The number of pyridine rings is 1. The lowest BCUT2D eigenvalue weighted by atomic mass is 9.76. The second-order valence-corrected chi connectivity index (χ2v) is 5.82. The second kappa shape index (κ2) is 5.52. The van der Waals surface area contributed by atoms with Gasteiger partial charge in [-0.15, -0.1) is 0 Å². The molecule has 6 heteroatoms. The fourth-order valence-electron chi connectivity index (χ4n) is 2.90. The van der Waals surface area contributed by atoms with E-state index in [2.05, 4.69) is 22.0 Å². The highest BCUT2D eigenvalue weighted by atomic mass is 19.1. The number of nitrogens with zero attached hydrogens (tertiary/aromatic N) is 3. The molecule has 0 unspecified atom stereocenters. The van der Waals surface area contributed by atoms with Crippen LogP contribution in [-0.4, -0.2) is 15.1 Å². The van der Waals surface area contributed by atoms with Crippen molar-refractivity contribution < 1.29 is 8.91 Å². The van der Waals surface area contributed by atoms with Crippen molar-refractivity contribution >= 4 is 0 Å². The molecule has 2 aromatic heterocycles. The molecule has 0 aliphatic heterocycles. The fraction of sp³-hybridized carbons (Fsp3) is 0.533. The molecule has 1 saturated carbocycles. The Bertz CT molecular complexity index is 620. The molecular formula is C15H19FN4O. The molecule has 3 rings (SSSR count). The normalized spacial score (nSPS) is 26.0. The predicted octanol–water partition coefficient (Wildman–Crippen LogP) is 3.02. The van der Waals surface area contributed by atoms with Crippen LogP contribution in [0.15, 0.2) is 23.0 Å². The largest absolute Gasteiger partial charge is 0.334 e. The van der Waals surface area contributed by atoms with E-state index in [1.54, 1.807) is 0 Å². The number of rotatable bonds is 3. The van der Waals surface area contributed by atoms with Crippen LogP contribution in [0.2, 0.25) is 0 Å². The maximum Gasteiger partial charge on any atom is 0.259 e. The first-order valence-corrected chi connectivity index (χ1v) is 7.35. The van der Waals surface area contributed by atoms with E-state index in [4.69, 9.17) is 10.3 Å². The van der Waals surface area contributed by atoms with Gasteiger partial charge in [0, 0.05) is 6.20 Å². The summed E-state index contributed by atoms with van der Waals surface area (Å²) >= 11 is 0. The van der Waals surface area contributed by atoms with Gasteiger partial charge in [0.25, 0.3) is 5.89 Å². The predicted molar refractivity (Wildman–Crippen MR) is 75.6 cm³/mol. The summed E-state index contributed by atoms with van der Waals surface area (Å²) in [5.74, 6) is 1.08. The third kappa shape index (κ3) is 2.81. The molecule has 0 spiro atoms. The third-order valence-corrected chi connectivity index (χ3v) is 4.40. The van der Waals surface area contributed by atoms with Crippen molar-refractivity contribution in [2.45, 2.75) is 44.6 Å². The van der Waals surface area contributed by atoms with Crippen LogP contribution in [-0.2, 0) is 5.54 Å². The zero-order chi connectivity index (χ0) is 14.9. The highest BCUT2D eigenvalue weighted by Crippen LogP contribution is 2.37. The molecule has 0 atom stereocenters. The van der Waals surface area contributed by atoms with Gasteiger partial charge in [-0.25, -0.2) is 4.39 Å². The summed E-state index contributed by atoms with van der Waals surface area (Å²) in [4.78, 5) is 8.15. The Morgan fingerprint density at radius 1 is 1.38 bits per heavy atom. The van der Waals surface area contributed by atoms with E-state index in [9.17, 15) is 4.39 Å². The zero-order valence-electron chi connectivity index (χ0n) is 12.1. The van der Waals surface area contributed by atoms with E-state index >= 15 is 0 Å². The number of halogens is 1. The Morgan fingerprint density at radius 2 is 2.14 bits per heavy atom. The molecular weight excluding hydrogens is 271 g/mol. The van der Waals surface area contributed by atoms with E-state index in [1.807, 2.05) is 0 Å². The van der Waals surface area contributed by atoms with Crippen LogP contribution in [0.4, 0.5) is 4.39 Å². The van der Waals surface area contributed by atoms with Crippen molar-refractivity contribution in [2.24, 2.45) is 11.7 Å². The maximum absolute atomic E-state index is 13.2. The van der Waals surface area contributed by atoms with Gasteiger partial charge in [0.1, 0.15) is 5.82 Å². The molecule has 112 valence electrons. The third-order valence-electron chi connectivity index (χ3n) is 4.40. The summed E-state index contributed by atoms with van der Waals surface area (Å²) < 4.78 is 18.4. The molecule has 1 fully saturated rings. The first-order chi connectivity index (χ1) is 10.1. The second-order valence-electron chi connectivity index (χ2n) is 5.82. The molecule has 0 radical (unpaired) electrons. The van der Waals surface area contributed by atoms with Gasteiger partial charge in [-0.05, 0) is 37.7 Å². The lowest BCUT2D eigenvalue weighted by Crippen LogP contribution is -2.41. The van der Waals surface area contributed by atoms with Crippen molar-refractivity contribution in [3.8, 4) is 11.5 Å². The fourth-order valence-corrected chi connectivity index (χ4v) is 2.90. The standard InChI is InChI=1S/C15H19FN4O/c1-2-10-3-5-15(17,6-4-10)14-19-13(21-20-14)11-7-12(16)9-18-8-11/h7-10H,2-6,17H2,1H3. The van der Waals surface area contributed by atoms with E-state index < -0.39 is 11.4 Å². The Labute approximate surface area is 122 Å². The molecule has 0 bridgehead atoms. The molecule has 1 aliphatic carbocycles. The van der Waals surface area contributed by atoms with Gasteiger partial charge in [0.15, 0.2) is 5.82 Å². The summed E-state index contributed by atoms with van der Waals surface area (Å²) in [7, 11) is 0. The maximum atomic E-state index is 13.2. The van der Waals surface area contributed by atoms with Gasteiger partial charge in [-0.2, -0.15) is 4.98 Å². The minimum Gasteiger partial charge on any atom is -0.334 e. The minimum atomic E-state index is -0.534. The van der Waals surface area contributed by atoms with Gasteiger partial charge in [0.2, 0.25) is 0 Å². The van der Waals surface area contributed by atoms with Crippen molar-refractivity contribution in [3.05, 3.63) is 30.1 Å². The van der Waals surface area contributed by atoms with E-state index in [0.29, 0.717) is 11.4 Å². The van der Waals surface area contributed by atoms with Crippen LogP contribution < -0.4 is 5.73 Å². The van der Waals surface area contributed by atoms with Crippen molar-refractivity contribution in [1.29, 1.82) is 0 Å². The van der Waals surface area contributed by atoms with Gasteiger partial charge < -0.3 is 10.3 Å². The Morgan fingerprint density at radius 3 is 2.81 bits per heavy atom. The van der Waals surface area contributed by atoms with E-state index in [-0.39, 0.29) is 5.89 Å². The lowest BCUT2D eigenvalue weighted by Gasteiger charge is -2.34. The summed E-state index contributed by atoms with van der Waals surface area (Å²) in [6, 6.07) is 1.32. The average molecular weight is 290 g/mol. The number of nitrogens with two attached hydrogens (primary N) is 1. The topological polar surface area (TPSA) is 77.8 Å². The molecule has 0 amide bonds. The van der Waals surface area contributed by atoms with Crippen molar-refractivity contribution in [3.63, 3.8) is 0 Å². The molecule has 2 N–H and O–H groups in total. The molecule has 2 aromatic rings. The van der Waals surface area contributed by atoms with Crippen molar-refractivity contribution in [2.75, 3.05) is 0 Å².